The van der Waals surface area contributed by atoms with Crippen LogP contribution in [0.25, 0.3) is 0 Å². The average Bonchev–Trinajstić information content (AvgIpc) is 3.13. The number of aryl methyl sites for hydroxylation is 2. The highest BCUT2D eigenvalue weighted by molar-refractivity contribution is 5.33. The van der Waals surface area contributed by atoms with Gasteiger partial charge in [-0.15, -0.1) is 0 Å². The Morgan fingerprint density at radius 1 is 0.963 bits per heavy atom. The van der Waals surface area contributed by atoms with Crippen LogP contribution in [0.3, 0.4) is 0 Å². The maximum Gasteiger partial charge on any atom is 0.119 e. The lowest BCUT2D eigenvalue weighted by atomic mass is 10.1. The molecule has 1 unspecified atom stereocenters. The second-order valence-corrected chi connectivity index (χ2v) is 7.02. The van der Waals surface area contributed by atoms with Crippen molar-refractivity contribution in [3.8, 4) is 5.75 Å². The fourth-order valence-electron chi connectivity index (χ4n) is 3.21. The van der Waals surface area contributed by atoms with Crippen LogP contribution in [0.5, 0.6) is 5.75 Å². The largest absolute Gasteiger partial charge is 0.491 e. The van der Waals surface area contributed by atoms with Gasteiger partial charge in [0.05, 0.1) is 12.8 Å². The zero-order valence-electron chi connectivity index (χ0n) is 16.0. The standard InChI is InChI=1S/C23H27NO3/c1-18-11-19(2)13-23(12-18)27-17-21(25)15-24(16-22-9-6-10-26-22)14-20-7-4-3-5-8-20/h3-13,21,25H,14-17H2,1-2H3. The zero-order valence-corrected chi connectivity index (χ0v) is 16.0. The van der Waals surface area contributed by atoms with Crippen LogP contribution in [0, 0.1) is 13.8 Å². The average molecular weight is 365 g/mol. The van der Waals surface area contributed by atoms with Crippen LogP contribution >= 0.6 is 0 Å². The highest BCUT2D eigenvalue weighted by Crippen LogP contribution is 2.17. The lowest BCUT2D eigenvalue weighted by Gasteiger charge is -2.24. The molecule has 0 aliphatic heterocycles. The van der Waals surface area contributed by atoms with E-state index in [1.165, 1.54) is 5.56 Å². The highest BCUT2D eigenvalue weighted by Gasteiger charge is 2.15. The summed E-state index contributed by atoms with van der Waals surface area (Å²) in [6.07, 6.45) is 1.08. The number of hydrogen-bond acceptors (Lipinski definition) is 4. The molecule has 0 saturated heterocycles. The number of ether oxygens (including phenoxy) is 1. The van der Waals surface area contributed by atoms with Crippen molar-refractivity contribution in [1.29, 1.82) is 0 Å². The number of aliphatic hydroxyl groups excluding tert-OH is 1. The first-order valence-corrected chi connectivity index (χ1v) is 9.26. The molecule has 27 heavy (non-hydrogen) atoms. The Labute approximate surface area is 161 Å². The van der Waals surface area contributed by atoms with Crippen LogP contribution in [-0.4, -0.2) is 29.3 Å². The number of furan rings is 1. The molecule has 1 atom stereocenters. The van der Waals surface area contributed by atoms with Gasteiger partial charge in [0, 0.05) is 13.1 Å². The van der Waals surface area contributed by atoms with Gasteiger partial charge in [0.15, 0.2) is 0 Å². The van der Waals surface area contributed by atoms with Crippen molar-refractivity contribution in [1.82, 2.24) is 4.90 Å². The number of aliphatic hydroxyl groups is 1. The molecule has 2 aromatic carbocycles. The topological polar surface area (TPSA) is 45.8 Å². The van der Waals surface area contributed by atoms with Crippen LogP contribution in [0.4, 0.5) is 0 Å². The normalized spacial score (nSPS) is 12.3. The Kier molecular flexibility index (Phi) is 6.69. The number of rotatable bonds is 9. The van der Waals surface area contributed by atoms with E-state index >= 15 is 0 Å². The van der Waals surface area contributed by atoms with Gasteiger partial charge in [-0.25, -0.2) is 0 Å². The van der Waals surface area contributed by atoms with Gasteiger partial charge in [0.25, 0.3) is 0 Å². The Morgan fingerprint density at radius 2 is 1.70 bits per heavy atom. The SMILES string of the molecule is Cc1cc(C)cc(OCC(O)CN(Cc2ccccc2)Cc2ccco2)c1. The molecule has 0 aliphatic rings. The summed E-state index contributed by atoms with van der Waals surface area (Å²) in [5, 5.41) is 10.5. The van der Waals surface area contributed by atoms with E-state index in [9.17, 15) is 5.11 Å². The van der Waals surface area contributed by atoms with Gasteiger partial charge in [-0.3, -0.25) is 4.90 Å². The predicted octanol–water partition coefficient (Wildman–Crippen LogP) is 4.34. The summed E-state index contributed by atoms with van der Waals surface area (Å²) < 4.78 is 11.3. The molecule has 1 heterocycles. The lowest BCUT2D eigenvalue weighted by molar-refractivity contribution is 0.0604. The second kappa shape index (κ2) is 9.40. The van der Waals surface area contributed by atoms with Crippen molar-refractivity contribution in [3.63, 3.8) is 0 Å². The summed E-state index contributed by atoms with van der Waals surface area (Å²) in [6.45, 7) is 6.22. The molecule has 0 aliphatic carbocycles. The Balaban J connectivity index is 1.59. The lowest BCUT2D eigenvalue weighted by Crippen LogP contribution is -2.35. The molecule has 0 spiro atoms. The molecule has 4 nitrogen and oxygen atoms in total. The van der Waals surface area contributed by atoms with Gasteiger partial charge in [0.2, 0.25) is 0 Å². The maximum atomic E-state index is 10.5. The first-order valence-electron chi connectivity index (χ1n) is 9.26. The van der Waals surface area contributed by atoms with Crippen LogP contribution < -0.4 is 4.74 Å². The quantitative estimate of drug-likeness (QED) is 0.613. The van der Waals surface area contributed by atoms with E-state index < -0.39 is 6.10 Å². The van der Waals surface area contributed by atoms with Crippen molar-refractivity contribution in [2.45, 2.75) is 33.0 Å². The summed E-state index contributed by atoms with van der Waals surface area (Å²) in [4.78, 5) is 2.17. The zero-order chi connectivity index (χ0) is 19.1. The molecule has 0 fully saturated rings. The third-order valence-corrected chi connectivity index (χ3v) is 4.32. The number of nitrogens with zero attached hydrogens (tertiary/aromatic N) is 1. The fraction of sp³-hybridized carbons (Fsp3) is 0.304. The van der Waals surface area contributed by atoms with E-state index in [4.69, 9.17) is 9.15 Å². The minimum atomic E-state index is -0.593. The van der Waals surface area contributed by atoms with E-state index in [1.807, 2.05) is 56.3 Å². The molecule has 3 aromatic rings. The van der Waals surface area contributed by atoms with E-state index in [0.29, 0.717) is 13.1 Å². The molecule has 1 aromatic heterocycles. The monoisotopic (exact) mass is 365 g/mol. The van der Waals surface area contributed by atoms with E-state index in [1.54, 1.807) is 6.26 Å². The summed E-state index contributed by atoms with van der Waals surface area (Å²) in [7, 11) is 0. The minimum absolute atomic E-state index is 0.256. The van der Waals surface area contributed by atoms with Gasteiger partial charge < -0.3 is 14.3 Å². The molecule has 1 N–H and O–H groups in total. The van der Waals surface area contributed by atoms with Gasteiger partial charge in [-0.05, 0) is 54.8 Å². The van der Waals surface area contributed by atoms with Crippen molar-refractivity contribution < 1.29 is 14.3 Å². The first-order chi connectivity index (χ1) is 13.1. The van der Waals surface area contributed by atoms with Crippen molar-refractivity contribution in [3.05, 3.63) is 89.4 Å². The van der Waals surface area contributed by atoms with E-state index in [2.05, 4.69) is 23.1 Å². The smallest absolute Gasteiger partial charge is 0.119 e. The summed E-state index contributed by atoms with van der Waals surface area (Å²) in [6, 6.07) is 20.2. The van der Waals surface area contributed by atoms with Gasteiger partial charge in [-0.2, -0.15) is 0 Å². The number of benzene rings is 2. The minimum Gasteiger partial charge on any atom is -0.491 e. The third kappa shape index (κ3) is 6.27. The predicted molar refractivity (Wildman–Crippen MR) is 107 cm³/mol. The van der Waals surface area contributed by atoms with Crippen molar-refractivity contribution >= 4 is 0 Å². The molecule has 0 saturated carbocycles. The van der Waals surface area contributed by atoms with Crippen LogP contribution in [0.1, 0.15) is 22.5 Å². The van der Waals surface area contributed by atoms with Crippen LogP contribution in [0.15, 0.2) is 71.3 Å². The summed E-state index contributed by atoms with van der Waals surface area (Å²) in [5.41, 5.74) is 3.51. The molecule has 0 bridgehead atoms. The van der Waals surface area contributed by atoms with Crippen molar-refractivity contribution in [2.24, 2.45) is 0 Å². The molecular weight excluding hydrogens is 338 g/mol. The molecule has 3 rings (SSSR count). The maximum absolute atomic E-state index is 10.5. The van der Waals surface area contributed by atoms with Crippen LogP contribution in [0.2, 0.25) is 0 Å². The Hall–Kier alpha value is -2.56. The second-order valence-electron chi connectivity index (χ2n) is 7.02. The van der Waals surface area contributed by atoms with Crippen LogP contribution in [-0.2, 0) is 13.1 Å². The molecule has 0 radical (unpaired) electrons. The van der Waals surface area contributed by atoms with E-state index in [-0.39, 0.29) is 6.61 Å². The Bertz CT molecular complexity index is 795. The summed E-state index contributed by atoms with van der Waals surface area (Å²) in [5.74, 6) is 1.68. The molecule has 4 heteroatoms. The molecular formula is C23H27NO3. The highest BCUT2D eigenvalue weighted by atomic mass is 16.5. The van der Waals surface area contributed by atoms with Gasteiger partial charge >= 0.3 is 0 Å². The fourth-order valence-corrected chi connectivity index (χ4v) is 3.21. The number of hydrogen-bond donors (Lipinski definition) is 1. The van der Waals surface area contributed by atoms with Gasteiger partial charge in [-0.1, -0.05) is 36.4 Å². The molecule has 142 valence electrons. The van der Waals surface area contributed by atoms with Gasteiger partial charge in [0.1, 0.15) is 24.2 Å². The Morgan fingerprint density at radius 3 is 2.37 bits per heavy atom. The molecule has 0 amide bonds. The third-order valence-electron chi connectivity index (χ3n) is 4.32. The summed E-state index contributed by atoms with van der Waals surface area (Å²) >= 11 is 0. The first kappa shape index (κ1) is 19.2. The van der Waals surface area contributed by atoms with E-state index in [0.717, 1.165) is 29.2 Å². The van der Waals surface area contributed by atoms with Crippen molar-refractivity contribution in [2.75, 3.05) is 13.2 Å².